The van der Waals surface area contributed by atoms with Gasteiger partial charge < -0.3 is 19.4 Å². The summed E-state index contributed by atoms with van der Waals surface area (Å²) in [5.41, 5.74) is 6.61. The van der Waals surface area contributed by atoms with E-state index < -0.39 is 19.6 Å². The first-order chi connectivity index (χ1) is 24.4. The van der Waals surface area contributed by atoms with Crippen LogP contribution in [0.15, 0.2) is 109 Å². The second-order valence-electron chi connectivity index (χ2n) is 10.7. The van der Waals surface area contributed by atoms with Crippen LogP contribution in [-0.4, -0.2) is 16.7 Å². The van der Waals surface area contributed by atoms with E-state index in [9.17, 15) is 0 Å². The third-order valence-electron chi connectivity index (χ3n) is 7.93. The fraction of sp³-hybridized carbons (Fsp3) is 0.128. The molecule has 0 N–H and O–H groups in total. The first kappa shape index (κ1) is 22.1. The molecule has 3 aliphatic rings. The predicted molar refractivity (Wildman–Crippen MR) is 176 cm³/mol. The Morgan fingerprint density at radius 3 is 2.22 bits per heavy atom. The van der Waals surface area contributed by atoms with E-state index in [1.54, 1.807) is 30.3 Å². The molecule has 2 aliphatic heterocycles. The van der Waals surface area contributed by atoms with Crippen LogP contribution in [0, 0.1) is 19.0 Å². The molecule has 1 aliphatic carbocycles. The van der Waals surface area contributed by atoms with Crippen LogP contribution in [0.3, 0.4) is 0 Å². The fourth-order valence-corrected chi connectivity index (χ4v) is 5.89. The molecular formula is C39H29BIrN2O2-2. The number of hydrogen-bond acceptors (Lipinski definition) is 4. The molecule has 221 valence electrons. The Morgan fingerprint density at radius 1 is 0.756 bits per heavy atom. The molecule has 2 aromatic heterocycles. The topological polar surface area (TPSA) is 44.2 Å². The van der Waals surface area contributed by atoms with Gasteiger partial charge in [0.15, 0.2) is 0 Å². The summed E-state index contributed by atoms with van der Waals surface area (Å²) in [5.74, 6) is 2.81. The number of para-hydroxylation sites is 2. The Hall–Kier alpha value is -4.51. The van der Waals surface area contributed by atoms with Crippen molar-refractivity contribution >= 4 is 23.1 Å². The minimum atomic E-state index is -2.09. The third-order valence-corrected chi connectivity index (χ3v) is 7.93. The molecule has 0 spiro atoms. The fourth-order valence-electron chi connectivity index (χ4n) is 5.89. The number of rotatable bonds is 2. The maximum atomic E-state index is 8.53. The molecule has 1 radical (unpaired) electrons. The van der Waals surface area contributed by atoms with E-state index in [0.29, 0.717) is 33.9 Å². The summed E-state index contributed by atoms with van der Waals surface area (Å²) in [4.78, 5) is 8.70. The minimum absolute atomic E-state index is 0. The molecule has 6 aromatic rings. The Bertz CT molecular complexity index is 2280. The van der Waals surface area contributed by atoms with Gasteiger partial charge in [0.1, 0.15) is 11.5 Å². The maximum absolute atomic E-state index is 8.53. The van der Waals surface area contributed by atoms with Crippen molar-refractivity contribution in [2.24, 2.45) is 0 Å². The van der Waals surface area contributed by atoms with Gasteiger partial charge in [-0.05, 0) is 78.0 Å². The number of fused-ring (bicyclic) bond motifs is 5. The van der Waals surface area contributed by atoms with Crippen LogP contribution in [0.4, 0.5) is 0 Å². The Morgan fingerprint density at radius 2 is 1.49 bits per heavy atom. The van der Waals surface area contributed by atoms with Crippen LogP contribution in [0.2, 0.25) is 0 Å². The third kappa shape index (κ3) is 5.50. The number of ether oxygens (including phenoxy) is 2. The zero-order chi connectivity index (χ0) is 35.5. The summed E-state index contributed by atoms with van der Waals surface area (Å²) >= 11 is 0. The first-order valence-corrected chi connectivity index (χ1v) is 14.5. The van der Waals surface area contributed by atoms with E-state index in [0.717, 1.165) is 39.1 Å². The summed E-state index contributed by atoms with van der Waals surface area (Å²) in [6.07, 6.45) is -0.137. The van der Waals surface area contributed by atoms with Gasteiger partial charge in [-0.15, -0.1) is 48.0 Å². The van der Waals surface area contributed by atoms with Crippen LogP contribution >= 0.6 is 0 Å². The first-order valence-electron chi connectivity index (χ1n) is 18.0. The molecule has 0 atom stereocenters. The van der Waals surface area contributed by atoms with Gasteiger partial charge in [0.2, 0.25) is 6.71 Å². The zero-order valence-electron chi connectivity index (χ0n) is 30.9. The van der Waals surface area contributed by atoms with Gasteiger partial charge in [-0.25, -0.2) is 0 Å². The summed E-state index contributed by atoms with van der Waals surface area (Å²) in [6, 6.07) is 36.5. The smallest absolute Gasteiger partial charge is 0.239 e. The summed E-state index contributed by atoms with van der Waals surface area (Å²) in [6.45, 7) is -2.17. The van der Waals surface area contributed by atoms with Gasteiger partial charge in [0, 0.05) is 53.6 Å². The van der Waals surface area contributed by atoms with Crippen molar-refractivity contribution in [2.75, 3.05) is 0 Å². The van der Waals surface area contributed by atoms with Crippen molar-refractivity contribution in [3.8, 4) is 45.5 Å². The molecule has 0 saturated carbocycles. The van der Waals surface area contributed by atoms with E-state index in [1.165, 1.54) is 12.4 Å². The summed E-state index contributed by atoms with van der Waals surface area (Å²) in [7, 11) is 0. The van der Waals surface area contributed by atoms with Crippen LogP contribution < -0.4 is 25.9 Å². The van der Waals surface area contributed by atoms with Crippen molar-refractivity contribution in [1.82, 2.24) is 9.97 Å². The van der Waals surface area contributed by atoms with Gasteiger partial charge in [0.05, 0.1) is 0 Å². The second-order valence-corrected chi connectivity index (χ2v) is 10.7. The number of pyridine rings is 2. The van der Waals surface area contributed by atoms with E-state index in [4.69, 9.17) is 19.1 Å². The minimum Gasteiger partial charge on any atom is -0.503 e. The number of hydrogen-bond donors (Lipinski definition) is 0. The number of aromatic nitrogens is 2. The Labute approximate surface area is 287 Å². The van der Waals surface area contributed by atoms with Crippen molar-refractivity contribution < 1.29 is 39.2 Å². The molecule has 4 nitrogen and oxygen atoms in total. The molecule has 0 saturated heterocycles. The quantitative estimate of drug-likeness (QED) is 0.140. The molecule has 0 unspecified atom stereocenters. The van der Waals surface area contributed by atoms with Gasteiger partial charge >= 0.3 is 0 Å². The number of nitrogens with zero attached hydrogens (tertiary/aromatic N) is 2. The van der Waals surface area contributed by atoms with Crippen molar-refractivity contribution in [3.05, 3.63) is 138 Å². The predicted octanol–water partition coefficient (Wildman–Crippen LogP) is 7.01. The van der Waals surface area contributed by atoms with Crippen LogP contribution in [0.5, 0.6) is 23.0 Å². The van der Waals surface area contributed by atoms with Gasteiger partial charge in [-0.3, -0.25) is 0 Å². The Kier molecular flexibility index (Phi) is 6.12. The van der Waals surface area contributed by atoms with Crippen molar-refractivity contribution in [2.45, 2.75) is 32.4 Å². The number of benzene rings is 4. The van der Waals surface area contributed by atoms with Crippen molar-refractivity contribution in [1.29, 1.82) is 0 Å². The van der Waals surface area contributed by atoms with Gasteiger partial charge in [-0.1, -0.05) is 71.2 Å². The Balaban J connectivity index is 0.000000209. The zero-order valence-corrected chi connectivity index (χ0v) is 26.3. The number of aryl methyl sites for hydroxylation is 3. The molecule has 4 aromatic carbocycles. The van der Waals surface area contributed by atoms with E-state index >= 15 is 0 Å². The summed E-state index contributed by atoms with van der Waals surface area (Å²) in [5, 5.41) is 0. The average molecular weight is 768 g/mol. The SMILES string of the molecule is [2H]C([2H])([2H])c1ccc(-c2[c-]cccc2)nc1.[2H]C1([2H])CCC([2H])([2H])c2cc(-c3[c-]cc4c5c3Oc3ccccc3B5c3ccccc3O4)ncc21.[Ir]. The summed E-state index contributed by atoms with van der Waals surface area (Å²) < 4.78 is 68.2. The van der Waals surface area contributed by atoms with Gasteiger partial charge in [0.25, 0.3) is 0 Å². The van der Waals surface area contributed by atoms with Crippen molar-refractivity contribution in [3.63, 3.8) is 0 Å². The van der Waals surface area contributed by atoms with Gasteiger partial charge in [-0.2, -0.15) is 0 Å². The molecule has 0 bridgehead atoms. The standard InChI is InChI=1S/C27H19BNO2.C12H10N.Ir/c1-2-8-18-16-29-22(15-17(18)7-1)19-13-14-25-26-27(19)31-24-12-6-4-10-21(24)28(26)20-9-3-5-11-23(20)30-25;1-10-7-8-12(13-9-10)11-5-3-2-4-6-11;/h3-6,9-12,14-16H,1-2,7-8H2;2-5,7-9H,1H3;/q2*-1;/i7D2,8D2;1D3;. The molecule has 6 heteroatoms. The largest absolute Gasteiger partial charge is 0.503 e. The molecule has 0 amide bonds. The maximum Gasteiger partial charge on any atom is 0.239 e. The van der Waals surface area contributed by atoms with E-state index in [-0.39, 0.29) is 45.2 Å². The molecule has 45 heavy (non-hydrogen) atoms. The van der Waals surface area contributed by atoms with E-state index in [2.05, 4.69) is 34.2 Å². The molecule has 9 rings (SSSR count). The molecule has 4 heterocycles. The average Bonchev–Trinajstić information content (AvgIpc) is 3.14. The normalized spacial score (nSPS) is 18.0. The monoisotopic (exact) mass is 768 g/mol. The molecule has 0 fully saturated rings. The van der Waals surface area contributed by atoms with Crippen LogP contribution in [-0.2, 0) is 32.9 Å². The van der Waals surface area contributed by atoms with E-state index in [1.807, 2.05) is 54.6 Å². The van der Waals surface area contributed by atoms with Crippen LogP contribution in [0.1, 0.15) is 39.1 Å². The van der Waals surface area contributed by atoms with Crippen LogP contribution in [0.25, 0.3) is 22.5 Å². The second kappa shape index (κ2) is 12.5. The molecular weight excluding hydrogens is 731 g/mol.